The normalized spacial score (nSPS) is 11.0. The summed E-state index contributed by atoms with van der Waals surface area (Å²) in [5.41, 5.74) is 12.2. The molecule has 2 aromatic heterocycles. The van der Waals surface area contributed by atoms with Crippen molar-refractivity contribution >= 4 is 34.0 Å². The average molecular weight is 679 g/mol. The highest BCUT2D eigenvalue weighted by Crippen LogP contribution is 2.35. The van der Waals surface area contributed by atoms with E-state index < -0.39 is 11.9 Å². The lowest BCUT2D eigenvalue weighted by Crippen LogP contribution is -2.01. The Morgan fingerprint density at radius 1 is 0.365 bits per heavy atom. The summed E-state index contributed by atoms with van der Waals surface area (Å²) in [6, 6.07) is 46.4. The molecule has 0 saturated heterocycles. The van der Waals surface area contributed by atoms with Gasteiger partial charge in [0.1, 0.15) is 0 Å². The minimum Gasteiger partial charge on any atom is -0.465 e. The Morgan fingerprint density at radius 3 is 1.02 bits per heavy atom. The maximum Gasteiger partial charge on any atom is 0.337 e. The zero-order chi connectivity index (χ0) is 35.6. The van der Waals surface area contributed by atoms with Crippen LogP contribution in [0.25, 0.3) is 78.2 Å². The van der Waals surface area contributed by atoms with Gasteiger partial charge in [0.2, 0.25) is 0 Å². The Bertz CT molecular complexity index is 2420. The third-order valence-corrected chi connectivity index (χ3v) is 8.92. The molecule has 250 valence electrons. The van der Waals surface area contributed by atoms with E-state index in [0.29, 0.717) is 22.5 Å². The number of nitrogens with zero attached hydrogens (tertiary/aromatic N) is 4. The van der Waals surface area contributed by atoms with Crippen LogP contribution in [0.4, 0.5) is 0 Å². The molecule has 8 aromatic rings. The number of ether oxygens (including phenoxy) is 2. The molecule has 0 radical (unpaired) electrons. The first-order chi connectivity index (χ1) is 25.5. The maximum atomic E-state index is 12.1. The van der Waals surface area contributed by atoms with Crippen LogP contribution in [0.1, 0.15) is 20.7 Å². The molecule has 2 heterocycles. The molecule has 0 spiro atoms. The van der Waals surface area contributed by atoms with E-state index in [9.17, 15) is 9.59 Å². The van der Waals surface area contributed by atoms with Crippen molar-refractivity contribution in [1.29, 1.82) is 0 Å². The Balaban J connectivity index is 1.24. The first kappa shape index (κ1) is 32.2. The monoisotopic (exact) mass is 678 g/mol. The number of benzene rings is 6. The van der Waals surface area contributed by atoms with E-state index in [0.717, 1.165) is 66.8 Å². The molecule has 8 rings (SSSR count). The summed E-state index contributed by atoms with van der Waals surface area (Å²) in [6.45, 7) is 0. The van der Waals surface area contributed by atoms with Gasteiger partial charge in [-0.25, -0.2) is 29.5 Å². The summed E-state index contributed by atoms with van der Waals surface area (Å²) in [5.74, 6) is -0.798. The second kappa shape index (κ2) is 13.7. The first-order valence-electron chi connectivity index (χ1n) is 16.6. The Hall–Kier alpha value is -7.06. The number of methoxy groups -OCH3 is 2. The summed E-state index contributed by atoms with van der Waals surface area (Å²) in [4.78, 5) is 44.7. The van der Waals surface area contributed by atoms with E-state index >= 15 is 0 Å². The van der Waals surface area contributed by atoms with E-state index in [4.69, 9.17) is 29.4 Å². The molecule has 0 fully saturated rings. The van der Waals surface area contributed by atoms with Crippen LogP contribution < -0.4 is 0 Å². The molecule has 8 heteroatoms. The molecule has 0 aliphatic carbocycles. The van der Waals surface area contributed by atoms with E-state index in [2.05, 4.69) is 0 Å². The van der Waals surface area contributed by atoms with Gasteiger partial charge in [-0.3, -0.25) is 0 Å². The van der Waals surface area contributed by atoms with Gasteiger partial charge in [0, 0.05) is 22.3 Å². The Kier molecular flexibility index (Phi) is 8.46. The summed E-state index contributed by atoms with van der Waals surface area (Å²) in [6.07, 6.45) is 0. The Labute approximate surface area is 299 Å². The maximum absolute atomic E-state index is 12.1. The highest BCUT2D eigenvalue weighted by Gasteiger charge is 2.17. The molecular weight excluding hydrogens is 649 g/mol. The molecule has 52 heavy (non-hydrogen) atoms. The van der Waals surface area contributed by atoms with Gasteiger partial charge in [-0.2, -0.15) is 0 Å². The van der Waals surface area contributed by atoms with Gasteiger partial charge in [0.25, 0.3) is 0 Å². The predicted molar refractivity (Wildman–Crippen MR) is 202 cm³/mol. The van der Waals surface area contributed by atoms with Crippen molar-refractivity contribution in [2.24, 2.45) is 0 Å². The van der Waals surface area contributed by atoms with Crippen LogP contribution in [0.2, 0.25) is 0 Å². The van der Waals surface area contributed by atoms with Gasteiger partial charge in [-0.1, -0.05) is 97.1 Å². The molecule has 0 atom stereocenters. The Morgan fingerprint density at radius 2 is 0.673 bits per heavy atom. The number of carbonyl (C=O) groups is 2. The standard InChI is InChI=1S/C44H30N4O4/c1-51-43(49)31-17-13-29(14-18-31)41-39(27-9-5-3-6-10-27)45-35-23-21-33(25-37(35)47-41)34-22-24-36-38(26-34)48-42(40(46-36)28-11-7-4-8-12-28)30-15-19-32(20-16-30)44(50)52-2/h3-26H,1-2H3. The van der Waals surface area contributed by atoms with Gasteiger partial charge < -0.3 is 9.47 Å². The predicted octanol–water partition coefficient (Wildman–Crippen LogP) is 9.48. The van der Waals surface area contributed by atoms with Crippen LogP contribution in [-0.4, -0.2) is 46.1 Å². The highest BCUT2D eigenvalue weighted by atomic mass is 16.5. The average Bonchev–Trinajstić information content (AvgIpc) is 3.22. The minimum absolute atomic E-state index is 0.399. The zero-order valence-electron chi connectivity index (χ0n) is 28.3. The van der Waals surface area contributed by atoms with Gasteiger partial charge in [-0.15, -0.1) is 0 Å². The molecule has 0 saturated carbocycles. The van der Waals surface area contributed by atoms with Crippen molar-refractivity contribution in [3.63, 3.8) is 0 Å². The fourth-order valence-corrected chi connectivity index (χ4v) is 6.23. The van der Waals surface area contributed by atoms with Crippen LogP contribution >= 0.6 is 0 Å². The van der Waals surface area contributed by atoms with Crippen molar-refractivity contribution in [3.8, 4) is 56.2 Å². The lowest BCUT2D eigenvalue weighted by molar-refractivity contribution is 0.0592. The summed E-state index contributed by atoms with van der Waals surface area (Å²) >= 11 is 0. The summed E-state index contributed by atoms with van der Waals surface area (Å²) in [7, 11) is 2.73. The van der Waals surface area contributed by atoms with Crippen LogP contribution in [0.5, 0.6) is 0 Å². The number of rotatable bonds is 7. The molecule has 0 aliphatic rings. The molecule has 8 nitrogen and oxygen atoms in total. The fourth-order valence-electron chi connectivity index (χ4n) is 6.23. The highest BCUT2D eigenvalue weighted by molar-refractivity contribution is 5.94. The third-order valence-electron chi connectivity index (χ3n) is 8.92. The van der Waals surface area contributed by atoms with Gasteiger partial charge in [-0.05, 0) is 59.7 Å². The number of carbonyl (C=O) groups excluding carboxylic acids is 2. The largest absolute Gasteiger partial charge is 0.465 e. The zero-order valence-corrected chi connectivity index (χ0v) is 28.3. The number of hydrogen-bond acceptors (Lipinski definition) is 8. The second-order valence-corrected chi connectivity index (χ2v) is 12.1. The first-order valence-corrected chi connectivity index (χ1v) is 16.6. The molecule has 0 bridgehead atoms. The smallest absolute Gasteiger partial charge is 0.337 e. The van der Waals surface area contributed by atoms with Crippen LogP contribution in [0.3, 0.4) is 0 Å². The van der Waals surface area contributed by atoms with E-state index in [1.54, 1.807) is 24.3 Å². The van der Waals surface area contributed by atoms with Crippen molar-refractivity contribution in [1.82, 2.24) is 19.9 Å². The fraction of sp³-hybridized carbons (Fsp3) is 0.0455. The third kappa shape index (κ3) is 6.14. The van der Waals surface area contributed by atoms with E-state index in [-0.39, 0.29) is 0 Å². The van der Waals surface area contributed by atoms with Gasteiger partial charge in [0.15, 0.2) is 0 Å². The minimum atomic E-state index is -0.399. The van der Waals surface area contributed by atoms with E-state index in [1.165, 1.54) is 14.2 Å². The lowest BCUT2D eigenvalue weighted by Gasteiger charge is -2.13. The molecule has 0 amide bonds. The van der Waals surface area contributed by atoms with Crippen LogP contribution in [0, 0.1) is 0 Å². The quantitative estimate of drug-likeness (QED) is 0.154. The molecular formula is C44H30N4O4. The lowest BCUT2D eigenvalue weighted by atomic mass is 10.00. The van der Waals surface area contributed by atoms with Crippen LogP contribution in [-0.2, 0) is 9.47 Å². The molecule has 6 aromatic carbocycles. The summed E-state index contributed by atoms with van der Waals surface area (Å²) < 4.78 is 9.79. The number of aromatic nitrogens is 4. The number of esters is 2. The van der Waals surface area contributed by atoms with Gasteiger partial charge >= 0.3 is 11.9 Å². The SMILES string of the molecule is COC(=O)c1ccc(-c2nc3cc(-c4ccc5nc(-c6ccccc6)c(-c6ccc(C(=O)OC)cc6)nc5c4)ccc3nc2-c2ccccc2)cc1. The van der Waals surface area contributed by atoms with Crippen LogP contribution in [0.15, 0.2) is 146 Å². The number of hydrogen-bond donors (Lipinski definition) is 0. The molecule has 0 aliphatic heterocycles. The van der Waals surface area contributed by atoms with Crippen molar-refractivity contribution in [2.45, 2.75) is 0 Å². The summed E-state index contributed by atoms with van der Waals surface area (Å²) in [5, 5.41) is 0. The van der Waals surface area contributed by atoms with Crippen molar-refractivity contribution in [2.75, 3.05) is 14.2 Å². The number of fused-ring (bicyclic) bond motifs is 2. The molecule has 0 unspecified atom stereocenters. The molecule has 0 N–H and O–H groups in total. The van der Waals surface area contributed by atoms with Crippen molar-refractivity contribution < 1.29 is 19.1 Å². The van der Waals surface area contributed by atoms with E-state index in [1.807, 2.05) is 121 Å². The van der Waals surface area contributed by atoms with Crippen molar-refractivity contribution in [3.05, 3.63) is 157 Å². The second-order valence-electron chi connectivity index (χ2n) is 12.1. The van der Waals surface area contributed by atoms with Gasteiger partial charge in [0.05, 0.1) is 70.2 Å². The topological polar surface area (TPSA) is 104 Å².